The average molecular weight is 259 g/mol. The molecule has 0 saturated heterocycles. The zero-order chi connectivity index (χ0) is 14.0. The van der Waals surface area contributed by atoms with Crippen molar-refractivity contribution in [1.29, 1.82) is 0 Å². The van der Waals surface area contributed by atoms with Crippen molar-refractivity contribution in [2.75, 3.05) is 20.3 Å². The first-order chi connectivity index (χ1) is 8.47. The number of carbonyl (C=O) groups is 1. The van der Waals surface area contributed by atoms with Crippen LogP contribution in [0, 0.1) is 5.92 Å². The summed E-state index contributed by atoms with van der Waals surface area (Å²) in [7, 11) is 1.35. The molecule has 0 aromatic heterocycles. The first kappa shape index (κ1) is 17.4. The Morgan fingerprint density at radius 3 is 2.56 bits per heavy atom. The number of esters is 1. The number of nitrogens with two attached hydrogens (primary N) is 1. The van der Waals surface area contributed by atoms with Crippen LogP contribution in [0.1, 0.15) is 52.9 Å². The zero-order valence-corrected chi connectivity index (χ0v) is 12.3. The smallest absolute Gasteiger partial charge is 0.325 e. The molecule has 0 aliphatic carbocycles. The fourth-order valence-electron chi connectivity index (χ4n) is 1.77. The molecule has 0 aliphatic rings. The van der Waals surface area contributed by atoms with Crippen molar-refractivity contribution in [1.82, 2.24) is 0 Å². The van der Waals surface area contributed by atoms with E-state index in [0.717, 1.165) is 13.0 Å². The molecule has 0 aromatic rings. The average Bonchev–Trinajstić information content (AvgIpc) is 2.36. The number of methoxy groups -OCH3 is 1. The first-order valence-corrected chi connectivity index (χ1v) is 6.93. The van der Waals surface area contributed by atoms with Crippen LogP contribution in [-0.2, 0) is 14.3 Å². The van der Waals surface area contributed by atoms with Crippen molar-refractivity contribution in [3.63, 3.8) is 0 Å². The molecule has 108 valence electrons. The lowest BCUT2D eigenvalue weighted by Crippen LogP contribution is -2.46. The molecule has 4 nitrogen and oxygen atoms in total. The van der Waals surface area contributed by atoms with Gasteiger partial charge < -0.3 is 15.2 Å². The molecule has 0 bridgehead atoms. The Bertz CT molecular complexity index is 229. The van der Waals surface area contributed by atoms with Gasteiger partial charge in [-0.15, -0.1) is 0 Å². The molecule has 0 radical (unpaired) electrons. The summed E-state index contributed by atoms with van der Waals surface area (Å²) in [5, 5.41) is 0. The van der Waals surface area contributed by atoms with Crippen molar-refractivity contribution >= 4 is 5.97 Å². The molecule has 0 aliphatic heterocycles. The highest BCUT2D eigenvalue weighted by molar-refractivity contribution is 5.79. The lowest BCUT2D eigenvalue weighted by atomic mass is 9.99. The third-order valence-corrected chi connectivity index (χ3v) is 3.31. The molecule has 4 heteroatoms. The third kappa shape index (κ3) is 6.97. The lowest BCUT2D eigenvalue weighted by molar-refractivity contribution is -0.147. The minimum atomic E-state index is -0.945. The summed E-state index contributed by atoms with van der Waals surface area (Å²) in [6.07, 6.45) is 5.31. The fourth-order valence-corrected chi connectivity index (χ4v) is 1.77. The molecular formula is C14H29NO3. The van der Waals surface area contributed by atoms with Gasteiger partial charge in [0.1, 0.15) is 5.54 Å². The number of ether oxygens (including phenoxy) is 2. The van der Waals surface area contributed by atoms with Gasteiger partial charge in [-0.05, 0) is 25.7 Å². The van der Waals surface area contributed by atoms with Gasteiger partial charge in [0.25, 0.3) is 0 Å². The van der Waals surface area contributed by atoms with E-state index >= 15 is 0 Å². The van der Waals surface area contributed by atoms with Crippen LogP contribution in [0.5, 0.6) is 0 Å². The number of carbonyl (C=O) groups excluding carboxylic acids is 1. The molecule has 0 saturated carbocycles. The summed E-state index contributed by atoms with van der Waals surface area (Å²) in [6.45, 7) is 7.32. The number of unbranched alkanes of at least 4 members (excludes halogenated alkanes) is 1. The summed E-state index contributed by atoms with van der Waals surface area (Å²) in [4.78, 5) is 11.4. The van der Waals surface area contributed by atoms with Crippen LogP contribution in [-0.4, -0.2) is 31.8 Å². The standard InChI is InChI=1S/C14H29NO3/c1-5-7-8-12(6-2)11-18-10-9-14(3,15)13(16)17-4/h12H,5-11,15H2,1-4H3. The van der Waals surface area contributed by atoms with Crippen LogP contribution in [0.3, 0.4) is 0 Å². The van der Waals surface area contributed by atoms with Gasteiger partial charge in [0.15, 0.2) is 0 Å². The summed E-state index contributed by atoms with van der Waals surface area (Å²) in [5.41, 5.74) is 4.90. The van der Waals surface area contributed by atoms with E-state index in [2.05, 4.69) is 18.6 Å². The molecule has 2 N–H and O–H groups in total. The SMILES string of the molecule is CCCCC(CC)COCCC(C)(N)C(=O)OC. The van der Waals surface area contributed by atoms with Gasteiger partial charge in [0.2, 0.25) is 0 Å². The van der Waals surface area contributed by atoms with Crippen LogP contribution in [0.4, 0.5) is 0 Å². The molecule has 0 amide bonds. The molecule has 2 unspecified atom stereocenters. The van der Waals surface area contributed by atoms with E-state index < -0.39 is 5.54 Å². The molecule has 0 aromatic carbocycles. The monoisotopic (exact) mass is 259 g/mol. The fraction of sp³-hybridized carbons (Fsp3) is 0.929. The summed E-state index contributed by atoms with van der Waals surface area (Å²) < 4.78 is 10.3. The Hall–Kier alpha value is -0.610. The molecule has 0 heterocycles. The molecule has 0 fully saturated rings. The van der Waals surface area contributed by atoms with Crippen molar-refractivity contribution in [3.05, 3.63) is 0 Å². The molecule has 0 spiro atoms. The third-order valence-electron chi connectivity index (χ3n) is 3.31. The van der Waals surface area contributed by atoms with Crippen LogP contribution in [0.15, 0.2) is 0 Å². The Balaban J connectivity index is 3.80. The minimum absolute atomic E-state index is 0.385. The topological polar surface area (TPSA) is 61.5 Å². The Morgan fingerprint density at radius 1 is 1.39 bits per heavy atom. The second-order valence-electron chi connectivity index (χ2n) is 5.15. The van der Waals surface area contributed by atoms with Gasteiger partial charge in [-0.3, -0.25) is 4.79 Å². The zero-order valence-electron chi connectivity index (χ0n) is 12.3. The van der Waals surface area contributed by atoms with Crippen LogP contribution in [0.25, 0.3) is 0 Å². The van der Waals surface area contributed by atoms with Crippen LogP contribution in [0.2, 0.25) is 0 Å². The van der Waals surface area contributed by atoms with Gasteiger partial charge in [-0.1, -0.05) is 33.1 Å². The second kappa shape index (κ2) is 9.34. The predicted molar refractivity (Wildman–Crippen MR) is 73.4 cm³/mol. The van der Waals surface area contributed by atoms with E-state index in [-0.39, 0.29) is 5.97 Å². The van der Waals surface area contributed by atoms with Gasteiger partial charge in [0.05, 0.1) is 7.11 Å². The van der Waals surface area contributed by atoms with Crippen LogP contribution < -0.4 is 5.73 Å². The molecule has 0 rings (SSSR count). The number of hydrogen-bond donors (Lipinski definition) is 1. The maximum Gasteiger partial charge on any atom is 0.325 e. The minimum Gasteiger partial charge on any atom is -0.468 e. The van der Waals surface area contributed by atoms with Crippen molar-refractivity contribution in [2.24, 2.45) is 11.7 Å². The van der Waals surface area contributed by atoms with E-state index in [9.17, 15) is 4.79 Å². The summed E-state index contributed by atoms with van der Waals surface area (Å²) in [6, 6.07) is 0. The Morgan fingerprint density at radius 2 is 2.06 bits per heavy atom. The highest BCUT2D eigenvalue weighted by atomic mass is 16.5. The van der Waals surface area contributed by atoms with Gasteiger partial charge in [-0.2, -0.15) is 0 Å². The van der Waals surface area contributed by atoms with E-state index in [1.54, 1.807) is 6.92 Å². The van der Waals surface area contributed by atoms with Crippen molar-refractivity contribution in [3.8, 4) is 0 Å². The van der Waals surface area contributed by atoms with E-state index in [1.165, 1.54) is 26.4 Å². The molecular weight excluding hydrogens is 230 g/mol. The Labute approximate surface area is 111 Å². The highest BCUT2D eigenvalue weighted by Gasteiger charge is 2.28. The summed E-state index contributed by atoms with van der Waals surface area (Å²) >= 11 is 0. The van der Waals surface area contributed by atoms with Gasteiger partial charge >= 0.3 is 5.97 Å². The molecule has 18 heavy (non-hydrogen) atoms. The normalized spacial score (nSPS) is 16.1. The highest BCUT2D eigenvalue weighted by Crippen LogP contribution is 2.14. The molecule has 2 atom stereocenters. The first-order valence-electron chi connectivity index (χ1n) is 6.93. The van der Waals surface area contributed by atoms with Crippen molar-refractivity contribution in [2.45, 2.75) is 58.4 Å². The second-order valence-corrected chi connectivity index (χ2v) is 5.15. The predicted octanol–water partition coefficient (Wildman–Crippen LogP) is 2.50. The van der Waals surface area contributed by atoms with Crippen molar-refractivity contribution < 1.29 is 14.3 Å². The van der Waals surface area contributed by atoms with Gasteiger partial charge in [0, 0.05) is 13.2 Å². The van der Waals surface area contributed by atoms with E-state index in [4.69, 9.17) is 10.5 Å². The maximum absolute atomic E-state index is 11.4. The largest absolute Gasteiger partial charge is 0.468 e. The number of hydrogen-bond acceptors (Lipinski definition) is 4. The quantitative estimate of drug-likeness (QED) is 0.483. The number of rotatable bonds is 10. The summed E-state index contributed by atoms with van der Waals surface area (Å²) in [5.74, 6) is 0.233. The van der Waals surface area contributed by atoms with E-state index in [1.807, 2.05) is 0 Å². The van der Waals surface area contributed by atoms with Gasteiger partial charge in [-0.25, -0.2) is 0 Å². The van der Waals surface area contributed by atoms with Crippen LogP contribution >= 0.6 is 0 Å². The Kier molecular flexibility index (Phi) is 9.02. The lowest BCUT2D eigenvalue weighted by Gasteiger charge is -2.22. The maximum atomic E-state index is 11.4. The van der Waals surface area contributed by atoms with E-state index in [0.29, 0.717) is 18.9 Å².